The molecule has 0 bridgehead atoms. The summed E-state index contributed by atoms with van der Waals surface area (Å²) in [4.78, 5) is 22.7. The average Bonchev–Trinajstić information content (AvgIpc) is 2.27. The van der Waals surface area contributed by atoms with E-state index >= 15 is 0 Å². The van der Waals surface area contributed by atoms with Crippen LogP contribution in [0.4, 0.5) is 0 Å². The molecular weight excluding hydrogens is 345 g/mol. The molecule has 1 N–H and O–H groups in total. The fourth-order valence-corrected chi connectivity index (χ4v) is 1.59. The number of nitrogens with one attached hydrogen (secondary N) is 1. The Balaban J connectivity index is 3.04. The Hall–Kier alpha value is -1.04. The molecular formula is C11H8BrCl2NO3. The highest BCUT2D eigenvalue weighted by atomic mass is 79.9. The summed E-state index contributed by atoms with van der Waals surface area (Å²) < 4.78 is 5.50. The Morgan fingerprint density at radius 2 is 2.06 bits per heavy atom. The normalized spacial score (nSPS) is 9.56. The van der Waals surface area contributed by atoms with Crippen LogP contribution in [0.15, 0.2) is 33.4 Å². The molecule has 0 radical (unpaired) electrons. The van der Waals surface area contributed by atoms with Crippen molar-refractivity contribution in [3.8, 4) is 5.75 Å². The molecule has 0 heterocycles. The monoisotopic (exact) mass is 351 g/mol. The van der Waals surface area contributed by atoms with Crippen molar-refractivity contribution < 1.29 is 14.3 Å². The van der Waals surface area contributed by atoms with Gasteiger partial charge in [-0.1, -0.05) is 39.1 Å². The predicted molar refractivity (Wildman–Crippen MR) is 72.7 cm³/mol. The molecule has 0 spiro atoms. The quantitative estimate of drug-likeness (QED) is 0.670. The van der Waals surface area contributed by atoms with Gasteiger partial charge in [0.2, 0.25) is 0 Å². The van der Waals surface area contributed by atoms with Crippen molar-refractivity contribution in [3.63, 3.8) is 0 Å². The van der Waals surface area contributed by atoms with Crippen molar-refractivity contribution in [2.45, 2.75) is 6.92 Å². The number of carbonyl (C=O) groups excluding carboxylic acids is 2. The van der Waals surface area contributed by atoms with E-state index in [1.165, 1.54) is 19.1 Å². The van der Waals surface area contributed by atoms with Gasteiger partial charge in [0.1, 0.15) is 10.2 Å². The molecule has 0 saturated heterocycles. The van der Waals surface area contributed by atoms with Crippen LogP contribution < -0.4 is 10.1 Å². The van der Waals surface area contributed by atoms with E-state index in [0.717, 1.165) is 6.20 Å². The standard InChI is InChI=1S/C11H8BrCl2NO3/c1-6(16)18-9-3-2-7(12)4-8(9)11(17)15-5-10(13)14/h2-5H,1H3,(H,15,17). The fraction of sp³-hybridized carbons (Fsp3) is 0.0909. The summed E-state index contributed by atoms with van der Waals surface area (Å²) in [5.74, 6) is -0.856. The molecule has 0 aliphatic heterocycles. The molecule has 4 nitrogen and oxygen atoms in total. The van der Waals surface area contributed by atoms with Gasteiger partial charge in [-0.2, -0.15) is 0 Å². The van der Waals surface area contributed by atoms with Crippen LogP contribution in [0.1, 0.15) is 17.3 Å². The topological polar surface area (TPSA) is 55.4 Å². The highest BCUT2D eigenvalue weighted by Crippen LogP contribution is 2.23. The molecule has 0 aliphatic rings. The lowest BCUT2D eigenvalue weighted by Crippen LogP contribution is -2.19. The van der Waals surface area contributed by atoms with Crippen LogP contribution in [0, 0.1) is 0 Å². The summed E-state index contributed by atoms with van der Waals surface area (Å²) in [6.07, 6.45) is 1.13. The maximum absolute atomic E-state index is 11.8. The summed E-state index contributed by atoms with van der Waals surface area (Å²) in [6, 6.07) is 4.68. The van der Waals surface area contributed by atoms with Crippen LogP contribution in [0.25, 0.3) is 0 Å². The molecule has 18 heavy (non-hydrogen) atoms. The number of benzene rings is 1. The number of esters is 1. The largest absolute Gasteiger partial charge is 0.426 e. The third kappa shape index (κ3) is 4.68. The maximum Gasteiger partial charge on any atom is 0.308 e. The first kappa shape index (κ1) is 15.0. The molecule has 0 atom stereocenters. The third-order valence-electron chi connectivity index (χ3n) is 1.75. The van der Waals surface area contributed by atoms with Gasteiger partial charge in [0.05, 0.1) is 5.56 Å². The second-order valence-corrected chi connectivity index (χ2v) is 5.07. The van der Waals surface area contributed by atoms with Gasteiger partial charge in [-0.3, -0.25) is 9.59 Å². The number of hydrogen-bond acceptors (Lipinski definition) is 3. The van der Waals surface area contributed by atoms with Crippen LogP contribution in [-0.4, -0.2) is 11.9 Å². The Morgan fingerprint density at radius 1 is 1.39 bits per heavy atom. The predicted octanol–water partition coefficient (Wildman–Crippen LogP) is 3.38. The zero-order valence-corrected chi connectivity index (χ0v) is 12.3. The molecule has 7 heteroatoms. The van der Waals surface area contributed by atoms with Gasteiger partial charge in [-0.15, -0.1) is 0 Å². The van der Waals surface area contributed by atoms with E-state index in [9.17, 15) is 9.59 Å². The van der Waals surface area contributed by atoms with Crippen molar-refractivity contribution in [2.75, 3.05) is 0 Å². The summed E-state index contributed by atoms with van der Waals surface area (Å²) in [6.45, 7) is 1.25. The molecule has 1 aromatic rings. The first-order valence-electron chi connectivity index (χ1n) is 4.70. The van der Waals surface area contributed by atoms with Crippen LogP contribution in [0.3, 0.4) is 0 Å². The molecule has 0 unspecified atom stereocenters. The van der Waals surface area contributed by atoms with E-state index < -0.39 is 11.9 Å². The van der Waals surface area contributed by atoms with E-state index in [1.54, 1.807) is 6.07 Å². The van der Waals surface area contributed by atoms with Crippen molar-refractivity contribution in [1.82, 2.24) is 5.32 Å². The Kier molecular flexibility index (Phi) is 5.65. The first-order chi connectivity index (χ1) is 8.40. The number of halogens is 3. The maximum atomic E-state index is 11.8. The van der Waals surface area contributed by atoms with E-state index in [2.05, 4.69) is 21.2 Å². The Morgan fingerprint density at radius 3 is 2.61 bits per heavy atom. The van der Waals surface area contributed by atoms with E-state index in [0.29, 0.717) is 4.47 Å². The van der Waals surface area contributed by atoms with Gasteiger partial charge < -0.3 is 10.1 Å². The minimum absolute atomic E-state index is 0.0904. The second kappa shape index (κ2) is 6.78. The molecule has 1 aromatic carbocycles. The smallest absolute Gasteiger partial charge is 0.308 e. The zero-order valence-electron chi connectivity index (χ0n) is 9.17. The summed E-state index contributed by atoms with van der Waals surface area (Å²) in [5.41, 5.74) is 0.186. The number of amides is 1. The average molecular weight is 353 g/mol. The fourth-order valence-electron chi connectivity index (χ4n) is 1.12. The molecule has 1 amide bonds. The Labute approximate surface area is 122 Å². The van der Waals surface area contributed by atoms with E-state index in [1.807, 2.05) is 0 Å². The summed E-state index contributed by atoms with van der Waals surface area (Å²) in [7, 11) is 0. The van der Waals surface area contributed by atoms with Gasteiger partial charge in [-0.05, 0) is 18.2 Å². The van der Waals surface area contributed by atoms with Gasteiger partial charge in [-0.25, -0.2) is 0 Å². The highest BCUT2D eigenvalue weighted by molar-refractivity contribution is 9.10. The van der Waals surface area contributed by atoms with Crippen molar-refractivity contribution in [1.29, 1.82) is 0 Å². The Bertz CT molecular complexity index is 513. The SMILES string of the molecule is CC(=O)Oc1ccc(Br)cc1C(=O)NC=C(Cl)Cl. The highest BCUT2D eigenvalue weighted by Gasteiger charge is 2.14. The van der Waals surface area contributed by atoms with Crippen LogP contribution >= 0.6 is 39.1 Å². The molecule has 1 rings (SSSR count). The van der Waals surface area contributed by atoms with Gasteiger partial charge in [0.25, 0.3) is 5.91 Å². The van der Waals surface area contributed by atoms with Gasteiger partial charge in [0.15, 0.2) is 0 Å². The minimum atomic E-state index is -0.516. The number of ether oxygens (including phenoxy) is 1. The van der Waals surface area contributed by atoms with Crippen molar-refractivity contribution in [2.24, 2.45) is 0 Å². The molecule has 0 aliphatic carbocycles. The van der Waals surface area contributed by atoms with E-state index in [-0.39, 0.29) is 15.8 Å². The molecule has 0 aromatic heterocycles. The van der Waals surface area contributed by atoms with Gasteiger partial charge in [0, 0.05) is 17.6 Å². The zero-order chi connectivity index (χ0) is 13.7. The lowest BCUT2D eigenvalue weighted by atomic mass is 10.2. The van der Waals surface area contributed by atoms with E-state index in [4.69, 9.17) is 27.9 Å². The summed E-state index contributed by atoms with van der Waals surface area (Å²) in [5, 5.41) is 2.36. The molecule has 0 saturated carbocycles. The van der Waals surface area contributed by atoms with Crippen molar-refractivity contribution >= 4 is 51.0 Å². The minimum Gasteiger partial charge on any atom is -0.426 e. The number of hydrogen-bond donors (Lipinski definition) is 1. The lowest BCUT2D eigenvalue weighted by molar-refractivity contribution is -0.131. The second-order valence-electron chi connectivity index (χ2n) is 3.14. The van der Waals surface area contributed by atoms with Crippen LogP contribution in [0.5, 0.6) is 5.75 Å². The van der Waals surface area contributed by atoms with Crippen LogP contribution in [-0.2, 0) is 4.79 Å². The number of carbonyl (C=O) groups is 2. The number of rotatable bonds is 3. The third-order valence-corrected chi connectivity index (χ3v) is 2.46. The van der Waals surface area contributed by atoms with Gasteiger partial charge >= 0.3 is 5.97 Å². The van der Waals surface area contributed by atoms with Crippen LogP contribution in [0.2, 0.25) is 0 Å². The molecule has 0 fully saturated rings. The summed E-state index contributed by atoms with van der Waals surface area (Å²) >= 11 is 14.0. The molecule has 96 valence electrons. The van der Waals surface area contributed by atoms with Crippen molar-refractivity contribution in [3.05, 3.63) is 38.9 Å². The first-order valence-corrected chi connectivity index (χ1v) is 6.25. The lowest BCUT2D eigenvalue weighted by Gasteiger charge is -2.08.